The van der Waals surface area contributed by atoms with Crippen LogP contribution in [0.15, 0.2) is 30.3 Å². The summed E-state index contributed by atoms with van der Waals surface area (Å²) in [7, 11) is 2.71. The quantitative estimate of drug-likeness (QED) is 0.737. The van der Waals surface area contributed by atoms with Crippen LogP contribution in [0.5, 0.6) is 0 Å². The molecule has 0 amide bonds. The fraction of sp³-hybridized carbons (Fsp3) is 0.333. The predicted octanol–water partition coefficient (Wildman–Crippen LogP) is 3.15. The molecule has 3 heteroatoms. The van der Waals surface area contributed by atoms with Gasteiger partial charge in [0.1, 0.15) is 0 Å². The largest absolute Gasteiger partial charge is 0.286 e. The molecule has 0 fully saturated rings. The van der Waals surface area contributed by atoms with Gasteiger partial charge in [-0.3, -0.25) is 5.09 Å². The average molecular weight is 199 g/mol. The van der Waals surface area contributed by atoms with Crippen molar-refractivity contribution < 1.29 is 0 Å². The highest BCUT2D eigenvalue weighted by atomic mass is 32.0. The maximum absolute atomic E-state index is 3.49. The second-order valence-electron chi connectivity index (χ2n) is 2.87. The first kappa shape index (κ1) is 10.1. The lowest BCUT2D eigenvalue weighted by atomic mass is 10.1. The van der Waals surface area contributed by atoms with Crippen LogP contribution in [-0.2, 0) is 0 Å². The summed E-state index contributed by atoms with van der Waals surface area (Å²) in [5.74, 6) is 0. The van der Waals surface area contributed by atoms with Crippen molar-refractivity contribution in [3.63, 3.8) is 0 Å². The first-order chi connectivity index (χ1) is 5.70. The van der Waals surface area contributed by atoms with Gasteiger partial charge in [-0.05, 0) is 26.9 Å². The van der Waals surface area contributed by atoms with E-state index in [0.29, 0.717) is 6.04 Å². The zero-order valence-electron chi connectivity index (χ0n) is 7.49. The zero-order valence-corrected chi connectivity index (χ0v) is 9.54. The van der Waals surface area contributed by atoms with Crippen LogP contribution in [0, 0.1) is 0 Å². The van der Waals surface area contributed by atoms with E-state index >= 15 is 0 Å². The molecule has 0 saturated heterocycles. The van der Waals surface area contributed by atoms with Gasteiger partial charge in [0.2, 0.25) is 0 Å². The third-order valence-corrected chi connectivity index (χ3v) is 2.94. The Labute approximate surface area is 77.9 Å². The molecule has 0 spiro atoms. The maximum Gasteiger partial charge on any atom is 0.0330 e. The highest BCUT2D eigenvalue weighted by Gasteiger charge is 2.04. The van der Waals surface area contributed by atoms with E-state index in [1.807, 2.05) is 6.07 Å². The Morgan fingerprint density at radius 3 is 2.42 bits per heavy atom. The summed E-state index contributed by atoms with van der Waals surface area (Å²) in [6.45, 7) is 4.39. The van der Waals surface area contributed by atoms with E-state index in [0.717, 1.165) is 0 Å². The van der Waals surface area contributed by atoms with E-state index in [1.165, 1.54) is 5.56 Å². The van der Waals surface area contributed by atoms with E-state index in [2.05, 4.69) is 51.9 Å². The van der Waals surface area contributed by atoms with Gasteiger partial charge in [-0.1, -0.05) is 39.3 Å². The van der Waals surface area contributed by atoms with Crippen LogP contribution in [0.1, 0.15) is 18.5 Å². The molecule has 0 aliphatic heterocycles. The standard InChI is InChI=1S/C9H15NP2/c1-8(10-12(2)11)9-6-4-3-5-7-9/h3-8,10H,11H2,1-2H3/t8-,12?/m1/s1. The number of benzene rings is 1. The van der Waals surface area contributed by atoms with E-state index in [-0.39, 0.29) is 7.76 Å². The van der Waals surface area contributed by atoms with Crippen LogP contribution < -0.4 is 5.09 Å². The first-order valence-electron chi connectivity index (χ1n) is 3.99. The second kappa shape index (κ2) is 4.92. The van der Waals surface area contributed by atoms with Gasteiger partial charge in [0, 0.05) is 6.04 Å². The minimum Gasteiger partial charge on any atom is -0.286 e. The molecule has 1 N–H and O–H groups in total. The van der Waals surface area contributed by atoms with Gasteiger partial charge < -0.3 is 0 Å². The molecule has 0 aliphatic carbocycles. The molecule has 1 aromatic carbocycles. The summed E-state index contributed by atoms with van der Waals surface area (Å²) in [5, 5.41) is 3.49. The molecule has 0 bridgehead atoms. The fourth-order valence-electron chi connectivity index (χ4n) is 1.12. The Morgan fingerprint density at radius 1 is 1.33 bits per heavy atom. The van der Waals surface area contributed by atoms with Gasteiger partial charge in [-0.15, -0.1) is 0 Å². The molecule has 3 atom stereocenters. The van der Waals surface area contributed by atoms with Gasteiger partial charge in [-0.25, -0.2) is 0 Å². The molecule has 1 aromatic rings. The highest BCUT2D eigenvalue weighted by Crippen LogP contribution is 2.37. The van der Waals surface area contributed by atoms with Crippen molar-refractivity contribution in [2.75, 3.05) is 6.66 Å². The topological polar surface area (TPSA) is 12.0 Å². The molecule has 1 nitrogen and oxygen atoms in total. The van der Waals surface area contributed by atoms with Crippen LogP contribution in [0.25, 0.3) is 0 Å². The molecule has 0 saturated carbocycles. The second-order valence-corrected chi connectivity index (χ2v) is 6.68. The van der Waals surface area contributed by atoms with Gasteiger partial charge >= 0.3 is 0 Å². The predicted molar refractivity (Wildman–Crippen MR) is 60.5 cm³/mol. The SMILES string of the molecule is C[C@@H](NP(C)P)c1ccccc1. The van der Waals surface area contributed by atoms with Gasteiger partial charge in [0.15, 0.2) is 0 Å². The molecule has 1 rings (SSSR count). The van der Waals surface area contributed by atoms with Crippen LogP contribution in [0.3, 0.4) is 0 Å². The molecular weight excluding hydrogens is 184 g/mol. The molecular formula is C9H15NP2. The molecule has 0 aliphatic rings. The maximum atomic E-state index is 3.49. The van der Waals surface area contributed by atoms with Gasteiger partial charge in [-0.2, -0.15) is 0 Å². The Kier molecular flexibility index (Phi) is 4.15. The zero-order chi connectivity index (χ0) is 8.97. The number of hydrogen-bond donors (Lipinski definition) is 1. The van der Waals surface area contributed by atoms with Crippen molar-refractivity contribution in [1.29, 1.82) is 0 Å². The van der Waals surface area contributed by atoms with E-state index in [9.17, 15) is 0 Å². The Morgan fingerprint density at radius 2 is 1.92 bits per heavy atom. The van der Waals surface area contributed by atoms with Crippen molar-refractivity contribution >= 4 is 16.7 Å². The highest BCUT2D eigenvalue weighted by molar-refractivity contribution is 8.12. The molecule has 66 valence electrons. The lowest BCUT2D eigenvalue weighted by molar-refractivity contribution is 0.749. The number of hydrogen-bond acceptors (Lipinski definition) is 1. The Balaban J connectivity index is 2.59. The summed E-state index contributed by atoms with van der Waals surface area (Å²) < 4.78 is 0. The van der Waals surface area contributed by atoms with E-state index < -0.39 is 0 Å². The van der Waals surface area contributed by atoms with Gasteiger partial charge in [0.05, 0.1) is 0 Å². The van der Waals surface area contributed by atoms with Crippen molar-refractivity contribution in [1.82, 2.24) is 5.09 Å². The van der Waals surface area contributed by atoms with E-state index in [1.54, 1.807) is 0 Å². The normalized spacial score (nSPS) is 15.6. The summed E-state index contributed by atoms with van der Waals surface area (Å²) in [5.41, 5.74) is 1.36. The minimum absolute atomic E-state index is 0.0968. The summed E-state index contributed by atoms with van der Waals surface area (Å²) in [6.07, 6.45) is 0. The van der Waals surface area contributed by atoms with Crippen molar-refractivity contribution in [2.45, 2.75) is 13.0 Å². The van der Waals surface area contributed by atoms with Crippen molar-refractivity contribution in [3.05, 3.63) is 35.9 Å². The fourth-order valence-corrected chi connectivity index (χ4v) is 2.55. The monoisotopic (exact) mass is 199 g/mol. The summed E-state index contributed by atoms with van der Waals surface area (Å²) >= 11 is 0. The smallest absolute Gasteiger partial charge is 0.0330 e. The van der Waals surface area contributed by atoms with Crippen LogP contribution in [0.2, 0.25) is 0 Å². The lowest BCUT2D eigenvalue weighted by Crippen LogP contribution is -2.09. The van der Waals surface area contributed by atoms with Gasteiger partial charge in [0.25, 0.3) is 0 Å². The lowest BCUT2D eigenvalue weighted by Gasteiger charge is -2.16. The Bertz CT molecular complexity index is 223. The summed E-state index contributed by atoms with van der Waals surface area (Å²) in [6, 6.07) is 11.0. The molecule has 0 aromatic heterocycles. The van der Waals surface area contributed by atoms with Crippen molar-refractivity contribution in [2.24, 2.45) is 0 Å². The first-order valence-corrected chi connectivity index (χ1v) is 7.40. The minimum atomic E-state index is -0.0968. The molecule has 0 radical (unpaired) electrons. The van der Waals surface area contributed by atoms with Crippen LogP contribution >= 0.6 is 16.7 Å². The van der Waals surface area contributed by atoms with Crippen LogP contribution in [0.4, 0.5) is 0 Å². The average Bonchev–Trinajstić information content (AvgIpc) is 2.05. The summed E-state index contributed by atoms with van der Waals surface area (Å²) in [4.78, 5) is 0. The number of rotatable bonds is 3. The Hall–Kier alpha value is 0.0400. The molecule has 2 unspecified atom stereocenters. The van der Waals surface area contributed by atoms with Crippen molar-refractivity contribution in [3.8, 4) is 0 Å². The van der Waals surface area contributed by atoms with E-state index in [4.69, 9.17) is 0 Å². The third kappa shape index (κ3) is 3.19. The molecule has 12 heavy (non-hydrogen) atoms. The third-order valence-electron chi connectivity index (χ3n) is 1.70. The molecule has 0 heterocycles. The van der Waals surface area contributed by atoms with Crippen LogP contribution in [-0.4, -0.2) is 6.66 Å². The number of nitrogens with one attached hydrogen (secondary N) is 1.